The molecule has 2 heterocycles. The van der Waals surface area contributed by atoms with Gasteiger partial charge in [0.1, 0.15) is 0 Å². The van der Waals surface area contributed by atoms with Crippen LogP contribution >= 0.6 is 23.2 Å². The molecule has 1 aromatic heterocycles. The molecule has 1 aliphatic heterocycles. The maximum Gasteiger partial charge on any atom is 0.201 e. The zero-order valence-electron chi connectivity index (χ0n) is 10.5. The summed E-state index contributed by atoms with van der Waals surface area (Å²) in [6.07, 6.45) is 1.39. The van der Waals surface area contributed by atoms with Crippen LogP contribution in [0.4, 0.5) is 5.95 Å². The van der Waals surface area contributed by atoms with Crippen molar-refractivity contribution in [3.05, 3.63) is 22.2 Å². The molecule has 108 valence electrons. The molecule has 1 unspecified atom stereocenters. The highest BCUT2D eigenvalue weighted by atomic mass is 35.5. The Morgan fingerprint density at radius 1 is 1.30 bits per heavy atom. The topological polar surface area (TPSA) is 78.0 Å². The monoisotopic (exact) mass is 333 g/mol. The van der Waals surface area contributed by atoms with Gasteiger partial charge in [-0.15, -0.1) is 0 Å². The van der Waals surface area contributed by atoms with Crippen LogP contribution in [-0.2, 0) is 9.84 Å². The van der Waals surface area contributed by atoms with Crippen molar-refractivity contribution >= 4 is 50.0 Å². The quantitative estimate of drug-likeness (QED) is 0.870. The highest BCUT2D eigenvalue weighted by Gasteiger charge is 2.28. The molecule has 2 aromatic rings. The van der Waals surface area contributed by atoms with Gasteiger partial charge in [0, 0.05) is 0 Å². The van der Waals surface area contributed by atoms with Crippen LogP contribution in [0, 0.1) is 0 Å². The van der Waals surface area contributed by atoms with Gasteiger partial charge in [-0.2, -0.15) is 0 Å². The summed E-state index contributed by atoms with van der Waals surface area (Å²) in [4.78, 5) is 4.24. The normalized spacial score (nSPS) is 22.2. The van der Waals surface area contributed by atoms with Crippen LogP contribution in [0.1, 0.15) is 18.9 Å². The summed E-state index contributed by atoms with van der Waals surface area (Å²) in [6.45, 7) is 0. The number of imidazole rings is 1. The molecule has 20 heavy (non-hydrogen) atoms. The molecule has 0 bridgehead atoms. The first-order valence-electron chi connectivity index (χ1n) is 6.20. The van der Waals surface area contributed by atoms with E-state index in [1.165, 1.54) is 0 Å². The van der Waals surface area contributed by atoms with Crippen molar-refractivity contribution in [2.75, 3.05) is 17.2 Å². The maximum absolute atomic E-state index is 11.8. The largest absolute Gasteiger partial charge is 0.369 e. The number of fused-ring (bicyclic) bond motifs is 1. The summed E-state index contributed by atoms with van der Waals surface area (Å²) in [5.41, 5.74) is 7.29. The predicted molar refractivity (Wildman–Crippen MR) is 81.1 cm³/mol. The SMILES string of the molecule is Nc1nc2cc(Cl)c(Cl)cc2n1C1CCCS(=O)(=O)C1. The highest BCUT2D eigenvalue weighted by Crippen LogP contribution is 2.33. The van der Waals surface area contributed by atoms with Crippen LogP contribution in [0.25, 0.3) is 11.0 Å². The third-order valence-electron chi connectivity index (χ3n) is 3.56. The minimum atomic E-state index is -3.02. The second kappa shape index (κ2) is 4.79. The van der Waals surface area contributed by atoms with Crippen molar-refractivity contribution < 1.29 is 8.42 Å². The molecule has 2 N–H and O–H groups in total. The molecular weight excluding hydrogens is 321 g/mol. The summed E-state index contributed by atoms with van der Waals surface area (Å²) in [7, 11) is -3.02. The number of benzene rings is 1. The van der Waals surface area contributed by atoms with Gasteiger partial charge in [0.05, 0.1) is 38.6 Å². The van der Waals surface area contributed by atoms with Gasteiger partial charge in [0.2, 0.25) is 5.95 Å². The van der Waals surface area contributed by atoms with E-state index in [2.05, 4.69) is 4.98 Å². The third kappa shape index (κ3) is 2.36. The van der Waals surface area contributed by atoms with Gasteiger partial charge in [-0.05, 0) is 25.0 Å². The van der Waals surface area contributed by atoms with Crippen LogP contribution in [-0.4, -0.2) is 29.5 Å². The Kier molecular flexibility index (Phi) is 3.35. The third-order valence-corrected chi connectivity index (χ3v) is 6.09. The van der Waals surface area contributed by atoms with Gasteiger partial charge in [-0.3, -0.25) is 0 Å². The number of rotatable bonds is 1. The summed E-state index contributed by atoms with van der Waals surface area (Å²) >= 11 is 12.0. The van der Waals surface area contributed by atoms with Gasteiger partial charge in [-0.25, -0.2) is 13.4 Å². The summed E-state index contributed by atoms with van der Waals surface area (Å²) < 4.78 is 25.4. The van der Waals surface area contributed by atoms with Gasteiger partial charge in [-0.1, -0.05) is 23.2 Å². The first-order valence-corrected chi connectivity index (χ1v) is 8.78. The standard InChI is InChI=1S/C12H13Cl2N3O2S/c13-8-4-10-11(5-9(8)14)17(12(15)16-10)7-2-1-3-20(18,19)6-7/h4-5,7H,1-3,6H2,(H2,15,16). The molecule has 8 heteroatoms. The Morgan fingerprint density at radius 2 is 2.00 bits per heavy atom. The Labute approximate surface area is 126 Å². The Bertz CT molecular complexity index is 786. The lowest BCUT2D eigenvalue weighted by molar-refractivity contribution is 0.483. The fourth-order valence-corrected chi connectivity index (χ4v) is 4.69. The highest BCUT2D eigenvalue weighted by molar-refractivity contribution is 7.91. The van der Waals surface area contributed by atoms with Crippen molar-refractivity contribution in [1.82, 2.24) is 9.55 Å². The minimum Gasteiger partial charge on any atom is -0.369 e. The molecule has 0 radical (unpaired) electrons. The van der Waals surface area contributed by atoms with Crippen LogP contribution < -0.4 is 5.73 Å². The predicted octanol–water partition coefficient (Wildman–Crippen LogP) is 2.68. The Hall–Kier alpha value is -0.980. The molecule has 0 saturated carbocycles. The van der Waals surface area contributed by atoms with Crippen LogP contribution in [0.5, 0.6) is 0 Å². The van der Waals surface area contributed by atoms with Crippen LogP contribution in [0.15, 0.2) is 12.1 Å². The van der Waals surface area contributed by atoms with E-state index in [0.717, 1.165) is 11.9 Å². The van der Waals surface area contributed by atoms with Gasteiger partial charge >= 0.3 is 0 Å². The molecule has 1 saturated heterocycles. The number of halogens is 2. The number of sulfone groups is 1. The lowest BCUT2D eigenvalue weighted by Gasteiger charge is -2.24. The van der Waals surface area contributed by atoms with E-state index in [1.807, 2.05) is 0 Å². The van der Waals surface area contributed by atoms with E-state index >= 15 is 0 Å². The average molecular weight is 334 g/mol. The van der Waals surface area contributed by atoms with Crippen molar-refractivity contribution in [1.29, 1.82) is 0 Å². The van der Waals surface area contributed by atoms with Crippen molar-refractivity contribution in [3.63, 3.8) is 0 Å². The van der Waals surface area contributed by atoms with Crippen molar-refractivity contribution in [2.24, 2.45) is 0 Å². The fourth-order valence-electron chi connectivity index (χ4n) is 2.70. The molecule has 1 aliphatic rings. The van der Waals surface area contributed by atoms with Crippen molar-refractivity contribution in [2.45, 2.75) is 18.9 Å². The van der Waals surface area contributed by atoms with Gasteiger partial charge in [0.25, 0.3) is 0 Å². The van der Waals surface area contributed by atoms with Crippen LogP contribution in [0.3, 0.4) is 0 Å². The molecule has 0 spiro atoms. The van der Waals surface area contributed by atoms with Gasteiger partial charge < -0.3 is 10.3 Å². The number of anilines is 1. The molecule has 5 nitrogen and oxygen atoms in total. The molecule has 0 aliphatic carbocycles. The second-order valence-corrected chi connectivity index (χ2v) is 8.05. The average Bonchev–Trinajstić information content (AvgIpc) is 2.64. The summed E-state index contributed by atoms with van der Waals surface area (Å²) in [6, 6.07) is 3.13. The first-order chi connectivity index (χ1) is 9.37. The van der Waals surface area contributed by atoms with E-state index in [4.69, 9.17) is 28.9 Å². The number of nitrogens with zero attached hydrogens (tertiary/aromatic N) is 2. The van der Waals surface area contributed by atoms with Gasteiger partial charge in [0.15, 0.2) is 9.84 Å². The fraction of sp³-hybridized carbons (Fsp3) is 0.417. The molecule has 1 fully saturated rings. The molecule has 1 atom stereocenters. The smallest absolute Gasteiger partial charge is 0.201 e. The van der Waals surface area contributed by atoms with Crippen LogP contribution in [0.2, 0.25) is 10.0 Å². The number of aromatic nitrogens is 2. The Balaban J connectivity index is 2.16. The lowest BCUT2D eigenvalue weighted by Crippen LogP contribution is -2.28. The van der Waals surface area contributed by atoms with E-state index in [1.54, 1.807) is 16.7 Å². The Morgan fingerprint density at radius 3 is 2.70 bits per heavy atom. The van der Waals surface area contributed by atoms with E-state index in [0.29, 0.717) is 27.9 Å². The second-order valence-electron chi connectivity index (χ2n) is 5.01. The van der Waals surface area contributed by atoms with Crippen molar-refractivity contribution in [3.8, 4) is 0 Å². The maximum atomic E-state index is 11.8. The van der Waals surface area contributed by atoms with E-state index in [-0.39, 0.29) is 17.5 Å². The number of nitrogen functional groups attached to an aromatic ring is 1. The molecule has 0 amide bonds. The zero-order chi connectivity index (χ0) is 14.5. The molecule has 3 rings (SSSR count). The minimum absolute atomic E-state index is 0.0862. The van der Waals surface area contributed by atoms with E-state index < -0.39 is 9.84 Å². The zero-order valence-corrected chi connectivity index (χ0v) is 12.8. The summed E-state index contributed by atoms with van der Waals surface area (Å²) in [5.74, 6) is 0.617. The number of hydrogen-bond donors (Lipinski definition) is 1. The lowest BCUT2D eigenvalue weighted by atomic mass is 10.1. The van der Waals surface area contributed by atoms with E-state index in [9.17, 15) is 8.42 Å². The number of hydrogen-bond acceptors (Lipinski definition) is 4. The summed E-state index contributed by atoms with van der Waals surface area (Å²) in [5, 5.41) is 0.805. The first kappa shape index (κ1) is 14.0. The number of nitrogens with two attached hydrogens (primary N) is 1. The molecule has 1 aromatic carbocycles. The molecular formula is C12H13Cl2N3O2S.